The Balaban J connectivity index is 1.35. The van der Waals surface area contributed by atoms with Gasteiger partial charge in [-0.2, -0.15) is 13.2 Å². The van der Waals surface area contributed by atoms with Crippen molar-refractivity contribution < 1.29 is 22.5 Å². The van der Waals surface area contributed by atoms with Gasteiger partial charge >= 0.3 is 6.18 Å². The van der Waals surface area contributed by atoms with Gasteiger partial charge in [0.2, 0.25) is 0 Å². The number of rotatable bonds is 4. The van der Waals surface area contributed by atoms with Gasteiger partial charge in [-0.1, -0.05) is 12.1 Å². The predicted octanol–water partition coefficient (Wildman–Crippen LogP) is 4.74. The van der Waals surface area contributed by atoms with Crippen LogP contribution in [0.25, 0.3) is 22.4 Å². The predicted molar refractivity (Wildman–Crippen MR) is 119 cm³/mol. The summed E-state index contributed by atoms with van der Waals surface area (Å²) in [5.41, 5.74) is 1.56. The van der Waals surface area contributed by atoms with Gasteiger partial charge in [-0.05, 0) is 18.2 Å². The van der Waals surface area contributed by atoms with Gasteiger partial charge in [-0.25, -0.2) is 9.97 Å². The van der Waals surface area contributed by atoms with Crippen molar-refractivity contribution in [3.63, 3.8) is 0 Å². The summed E-state index contributed by atoms with van der Waals surface area (Å²) in [4.78, 5) is 34.3. The minimum Gasteiger partial charge on any atom is -0.464 e. The number of aromatic nitrogens is 2. The van der Waals surface area contributed by atoms with Crippen LogP contribution in [-0.2, 0) is 25.7 Å². The zero-order valence-electron chi connectivity index (χ0n) is 18.1. The molecule has 1 aliphatic heterocycles. The topological polar surface area (TPSA) is 102 Å². The Morgan fingerprint density at radius 1 is 1.14 bits per heavy atom. The van der Waals surface area contributed by atoms with E-state index < -0.39 is 16.7 Å². The van der Waals surface area contributed by atoms with E-state index in [1.54, 1.807) is 6.20 Å². The summed E-state index contributed by atoms with van der Waals surface area (Å²) in [5, 5.41) is 11.2. The van der Waals surface area contributed by atoms with E-state index in [0.717, 1.165) is 23.4 Å². The highest BCUT2D eigenvalue weighted by atomic mass is 19.4. The maximum Gasteiger partial charge on any atom is 0.416 e. The maximum atomic E-state index is 12.9. The Labute approximate surface area is 195 Å². The number of nitro groups is 1. The van der Waals surface area contributed by atoms with Crippen molar-refractivity contribution in [2.45, 2.75) is 25.7 Å². The highest BCUT2D eigenvalue weighted by Crippen LogP contribution is 2.31. The monoisotopic (exact) mass is 482 g/mol. The Kier molecular flexibility index (Phi) is 5.56. The molecule has 11 heteroatoms. The van der Waals surface area contributed by atoms with Crippen LogP contribution in [0.3, 0.4) is 0 Å². The molecule has 178 valence electrons. The number of benzene rings is 2. The molecule has 0 aliphatic carbocycles. The van der Waals surface area contributed by atoms with Gasteiger partial charge in [-0.3, -0.25) is 19.8 Å². The third kappa shape index (κ3) is 4.50. The molecule has 0 unspecified atom stereocenters. The fourth-order valence-electron chi connectivity index (χ4n) is 4.08. The van der Waals surface area contributed by atoms with Crippen molar-refractivity contribution in [1.82, 2.24) is 14.9 Å². The van der Waals surface area contributed by atoms with Gasteiger partial charge in [0.25, 0.3) is 5.69 Å². The highest BCUT2D eigenvalue weighted by Gasteiger charge is 2.30. The van der Waals surface area contributed by atoms with E-state index in [1.165, 1.54) is 36.6 Å². The normalized spacial score (nSPS) is 14.1. The lowest BCUT2D eigenvalue weighted by atomic mass is 10.1. The van der Waals surface area contributed by atoms with Crippen LogP contribution in [0.15, 0.2) is 64.1 Å². The van der Waals surface area contributed by atoms with Crippen molar-refractivity contribution in [3.8, 4) is 11.4 Å². The minimum atomic E-state index is -4.41. The fraction of sp³-hybridized carbons (Fsp3) is 0.208. The van der Waals surface area contributed by atoms with E-state index >= 15 is 0 Å². The molecule has 0 saturated heterocycles. The number of hydrogen-bond donors (Lipinski definition) is 0. The highest BCUT2D eigenvalue weighted by molar-refractivity contribution is 5.79. The zero-order chi connectivity index (χ0) is 24.7. The molecule has 0 atom stereocenters. The molecule has 0 bridgehead atoms. The van der Waals surface area contributed by atoms with Crippen LogP contribution in [0.2, 0.25) is 0 Å². The molecule has 0 radical (unpaired) electrons. The van der Waals surface area contributed by atoms with Crippen LogP contribution in [-0.4, -0.2) is 26.3 Å². The van der Waals surface area contributed by atoms with Gasteiger partial charge in [0.1, 0.15) is 5.58 Å². The van der Waals surface area contributed by atoms with Crippen LogP contribution >= 0.6 is 0 Å². The average molecular weight is 482 g/mol. The molecular formula is C24H17F3N4O4. The molecule has 3 heterocycles. The molecule has 1 aliphatic rings. The summed E-state index contributed by atoms with van der Waals surface area (Å²) in [6.45, 7) is 1.33. The lowest BCUT2D eigenvalue weighted by Gasteiger charge is -2.27. The minimum absolute atomic E-state index is 0.152. The summed E-state index contributed by atoms with van der Waals surface area (Å²) in [6.07, 6.45) is -0.824. The van der Waals surface area contributed by atoms with Gasteiger partial charge in [0, 0.05) is 61.1 Å². The third-order valence-electron chi connectivity index (χ3n) is 5.92. The number of nitrogens with zero attached hydrogens (tertiary/aromatic N) is 4. The fourth-order valence-corrected chi connectivity index (χ4v) is 4.08. The standard InChI is InChI=1S/C24H17F3N4O4/c25-24(26,27)17-3-1-14(2-4-17)23-28-10-15-11-30(8-7-20(15)29-23)12-16-13-35-21-6-5-18(31(33)34)9-19(21)22(16)32/h1-6,9-10,13H,7-8,11-12H2. The first-order valence-electron chi connectivity index (χ1n) is 10.6. The van der Waals surface area contributed by atoms with E-state index in [-0.39, 0.29) is 28.6 Å². The summed E-state index contributed by atoms with van der Waals surface area (Å²) >= 11 is 0. The van der Waals surface area contributed by atoms with E-state index in [2.05, 4.69) is 9.97 Å². The SMILES string of the molecule is O=c1c(CN2CCc3nc(-c4ccc(C(F)(F)F)cc4)ncc3C2)coc2ccc([N+](=O)[O-])cc12. The lowest BCUT2D eigenvalue weighted by Crippen LogP contribution is -2.32. The van der Waals surface area contributed by atoms with Crippen molar-refractivity contribution >= 4 is 16.7 Å². The molecule has 0 fully saturated rings. The molecule has 2 aromatic carbocycles. The van der Waals surface area contributed by atoms with Crippen LogP contribution in [0.4, 0.5) is 18.9 Å². The molecule has 2 aromatic heterocycles. The summed E-state index contributed by atoms with van der Waals surface area (Å²) in [5.74, 6) is 0.350. The van der Waals surface area contributed by atoms with Crippen molar-refractivity contribution in [2.24, 2.45) is 0 Å². The van der Waals surface area contributed by atoms with Gasteiger partial charge in [0.15, 0.2) is 11.3 Å². The summed E-state index contributed by atoms with van der Waals surface area (Å²) in [7, 11) is 0. The van der Waals surface area contributed by atoms with Crippen LogP contribution < -0.4 is 5.43 Å². The summed E-state index contributed by atoms with van der Waals surface area (Å²) in [6, 6.07) is 8.61. The second kappa shape index (κ2) is 8.58. The van der Waals surface area contributed by atoms with E-state index in [4.69, 9.17) is 4.42 Å². The average Bonchev–Trinajstić information content (AvgIpc) is 2.85. The molecule has 0 N–H and O–H groups in total. The number of alkyl halides is 3. The van der Waals surface area contributed by atoms with Gasteiger partial charge in [0.05, 0.1) is 27.8 Å². The molecule has 4 aromatic rings. The number of nitro benzene ring substituents is 1. The van der Waals surface area contributed by atoms with E-state index in [0.29, 0.717) is 36.5 Å². The molecule has 8 nitrogen and oxygen atoms in total. The molecule has 5 rings (SSSR count). The van der Waals surface area contributed by atoms with Crippen LogP contribution in [0, 0.1) is 10.1 Å². The van der Waals surface area contributed by atoms with Crippen LogP contribution in [0.1, 0.15) is 22.4 Å². The van der Waals surface area contributed by atoms with Gasteiger partial charge in [-0.15, -0.1) is 0 Å². The van der Waals surface area contributed by atoms with Crippen LogP contribution in [0.5, 0.6) is 0 Å². The first-order chi connectivity index (χ1) is 16.7. The lowest BCUT2D eigenvalue weighted by molar-refractivity contribution is -0.384. The zero-order valence-corrected chi connectivity index (χ0v) is 18.1. The first-order valence-corrected chi connectivity index (χ1v) is 10.6. The Morgan fingerprint density at radius 2 is 1.91 bits per heavy atom. The third-order valence-corrected chi connectivity index (χ3v) is 5.92. The number of fused-ring (bicyclic) bond motifs is 2. The first kappa shape index (κ1) is 22.7. The second-order valence-corrected chi connectivity index (χ2v) is 8.23. The van der Waals surface area contributed by atoms with E-state index in [1.807, 2.05) is 4.90 Å². The van der Waals surface area contributed by atoms with Gasteiger partial charge < -0.3 is 4.42 Å². The summed E-state index contributed by atoms with van der Waals surface area (Å²) < 4.78 is 43.9. The van der Waals surface area contributed by atoms with Crippen molar-refractivity contribution in [1.29, 1.82) is 0 Å². The molecule has 0 saturated carbocycles. The molecule has 35 heavy (non-hydrogen) atoms. The maximum absolute atomic E-state index is 12.9. The molecule has 0 spiro atoms. The molecular weight excluding hydrogens is 465 g/mol. The van der Waals surface area contributed by atoms with Crippen molar-refractivity contribution in [2.75, 3.05) is 6.54 Å². The number of non-ortho nitro benzene ring substituents is 1. The Morgan fingerprint density at radius 3 is 2.63 bits per heavy atom. The van der Waals surface area contributed by atoms with E-state index in [9.17, 15) is 28.1 Å². The Bertz CT molecular complexity index is 1500. The second-order valence-electron chi connectivity index (χ2n) is 8.23. The smallest absolute Gasteiger partial charge is 0.416 e. The number of halogens is 3. The Hall–Kier alpha value is -4.12. The largest absolute Gasteiger partial charge is 0.464 e. The van der Waals surface area contributed by atoms with Crippen molar-refractivity contribution in [3.05, 3.63) is 97.6 Å². The quantitative estimate of drug-likeness (QED) is 0.306. The molecule has 0 amide bonds. The number of hydrogen-bond acceptors (Lipinski definition) is 7.